The fraction of sp³-hybridized carbons (Fsp3) is 0.333. The molecule has 2 aromatic rings. The van der Waals surface area contributed by atoms with Crippen molar-refractivity contribution in [2.24, 2.45) is 0 Å². The number of carbonyl (C=O) groups excluding carboxylic acids is 1. The van der Waals surface area contributed by atoms with E-state index >= 15 is 0 Å². The number of carbonyl (C=O) groups is 1. The van der Waals surface area contributed by atoms with Crippen LogP contribution in [0.2, 0.25) is 0 Å². The van der Waals surface area contributed by atoms with E-state index in [1.807, 2.05) is 30.3 Å². The molecular formula is C15H18N4O2. The lowest BCUT2D eigenvalue weighted by Crippen LogP contribution is -2.40. The Morgan fingerprint density at radius 1 is 1.33 bits per heavy atom. The van der Waals surface area contributed by atoms with Gasteiger partial charge in [0.2, 0.25) is 5.91 Å². The molecule has 21 heavy (non-hydrogen) atoms. The molecule has 6 heteroatoms. The molecule has 1 amide bonds. The van der Waals surface area contributed by atoms with Gasteiger partial charge in [0.1, 0.15) is 0 Å². The summed E-state index contributed by atoms with van der Waals surface area (Å²) in [6.45, 7) is 2.25. The van der Waals surface area contributed by atoms with Gasteiger partial charge in [-0.1, -0.05) is 12.1 Å². The van der Waals surface area contributed by atoms with Crippen LogP contribution >= 0.6 is 0 Å². The van der Waals surface area contributed by atoms with Crippen molar-refractivity contribution in [3.05, 3.63) is 36.5 Å². The van der Waals surface area contributed by atoms with Crippen LogP contribution in [0.25, 0.3) is 11.3 Å². The standard InChI is InChI=1S/C15H18N4O2/c20-15(9-13-10-16-7-8-21-13)18-12-3-1-11(2-4-12)14-5-6-17-19-14/h1-6,13,16H,7-10H2,(H,17,19)(H,18,20). The number of ether oxygens (including phenoxy) is 1. The number of hydrogen-bond donors (Lipinski definition) is 3. The third-order valence-electron chi connectivity index (χ3n) is 3.40. The Balaban J connectivity index is 1.56. The van der Waals surface area contributed by atoms with Crippen molar-refractivity contribution in [1.29, 1.82) is 0 Å². The summed E-state index contributed by atoms with van der Waals surface area (Å²) in [6.07, 6.45) is 2.04. The molecule has 1 fully saturated rings. The van der Waals surface area contributed by atoms with Crippen LogP contribution in [-0.2, 0) is 9.53 Å². The number of benzene rings is 1. The minimum Gasteiger partial charge on any atom is -0.375 e. The Morgan fingerprint density at radius 3 is 2.86 bits per heavy atom. The van der Waals surface area contributed by atoms with Crippen LogP contribution in [-0.4, -0.2) is 41.9 Å². The van der Waals surface area contributed by atoms with Gasteiger partial charge in [0, 0.05) is 25.0 Å². The van der Waals surface area contributed by atoms with E-state index in [0.29, 0.717) is 13.0 Å². The molecule has 1 aromatic heterocycles. The van der Waals surface area contributed by atoms with Gasteiger partial charge < -0.3 is 15.4 Å². The van der Waals surface area contributed by atoms with Gasteiger partial charge in [-0.15, -0.1) is 0 Å². The molecule has 6 nitrogen and oxygen atoms in total. The molecule has 0 spiro atoms. The summed E-state index contributed by atoms with van der Waals surface area (Å²) in [6, 6.07) is 9.56. The number of nitrogens with one attached hydrogen (secondary N) is 3. The highest BCUT2D eigenvalue weighted by Crippen LogP contribution is 2.19. The number of amides is 1. The number of anilines is 1. The highest BCUT2D eigenvalue weighted by atomic mass is 16.5. The molecule has 0 bridgehead atoms. The molecule has 0 radical (unpaired) electrons. The average molecular weight is 286 g/mol. The first-order chi connectivity index (χ1) is 10.3. The predicted octanol–water partition coefficient (Wildman–Crippen LogP) is 1.39. The smallest absolute Gasteiger partial charge is 0.227 e. The zero-order valence-electron chi connectivity index (χ0n) is 11.6. The van der Waals surface area contributed by atoms with Crippen molar-refractivity contribution in [3.63, 3.8) is 0 Å². The van der Waals surface area contributed by atoms with Crippen LogP contribution < -0.4 is 10.6 Å². The second kappa shape index (κ2) is 6.51. The van der Waals surface area contributed by atoms with E-state index in [9.17, 15) is 4.79 Å². The van der Waals surface area contributed by atoms with Gasteiger partial charge in [-0.25, -0.2) is 0 Å². The lowest BCUT2D eigenvalue weighted by Gasteiger charge is -2.23. The van der Waals surface area contributed by atoms with Crippen LogP contribution in [0.4, 0.5) is 5.69 Å². The van der Waals surface area contributed by atoms with Crippen LogP contribution in [0.3, 0.4) is 0 Å². The van der Waals surface area contributed by atoms with Crippen LogP contribution in [0, 0.1) is 0 Å². The zero-order chi connectivity index (χ0) is 14.5. The molecule has 1 aliphatic heterocycles. The van der Waals surface area contributed by atoms with Gasteiger partial charge >= 0.3 is 0 Å². The molecule has 3 N–H and O–H groups in total. The maximum Gasteiger partial charge on any atom is 0.227 e. The molecule has 1 aromatic carbocycles. The minimum absolute atomic E-state index is 0.0296. The molecular weight excluding hydrogens is 268 g/mol. The Morgan fingerprint density at radius 2 is 2.19 bits per heavy atom. The fourth-order valence-corrected chi connectivity index (χ4v) is 2.32. The molecule has 1 atom stereocenters. The molecule has 1 saturated heterocycles. The summed E-state index contributed by atoms with van der Waals surface area (Å²) in [7, 11) is 0. The first-order valence-electron chi connectivity index (χ1n) is 7.03. The van der Waals surface area contributed by atoms with Crippen molar-refractivity contribution < 1.29 is 9.53 Å². The second-order valence-corrected chi connectivity index (χ2v) is 5.00. The van der Waals surface area contributed by atoms with E-state index in [2.05, 4.69) is 20.8 Å². The van der Waals surface area contributed by atoms with E-state index in [1.54, 1.807) is 6.20 Å². The number of aromatic amines is 1. The zero-order valence-corrected chi connectivity index (χ0v) is 11.6. The highest BCUT2D eigenvalue weighted by molar-refractivity contribution is 5.91. The molecule has 1 aliphatic rings. The topological polar surface area (TPSA) is 79.0 Å². The summed E-state index contributed by atoms with van der Waals surface area (Å²) >= 11 is 0. The van der Waals surface area contributed by atoms with E-state index in [-0.39, 0.29) is 12.0 Å². The summed E-state index contributed by atoms with van der Waals surface area (Å²) in [5.74, 6) is -0.0296. The minimum atomic E-state index is -0.0389. The molecule has 1 unspecified atom stereocenters. The Bertz CT molecular complexity index is 574. The van der Waals surface area contributed by atoms with Gasteiger partial charge in [0.15, 0.2) is 0 Å². The summed E-state index contributed by atoms with van der Waals surface area (Å²) < 4.78 is 5.52. The SMILES string of the molecule is O=C(CC1CNCCO1)Nc1ccc(-c2ccn[nH]2)cc1. The molecule has 3 rings (SSSR count). The normalized spacial score (nSPS) is 18.4. The van der Waals surface area contributed by atoms with Gasteiger partial charge in [0.05, 0.1) is 24.8 Å². The molecule has 2 heterocycles. The first-order valence-corrected chi connectivity index (χ1v) is 7.03. The quantitative estimate of drug-likeness (QED) is 0.793. The number of rotatable bonds is 4. The van der Waals surface area contributed by atoms with E-state index in [4.69, 9.17) is 4.74 Å². The maximum atomic E-state index is 12.0. The van der Waals surface area contributed by atoms with Gasteiger partial charge in [-0.05, 0) is 23.8 Å². The van der Waals surface area contributed by atoms with Gasteiger partial charge in [-0.3, -0.25) is 9.89 Å². The third-order valence-corrected chi connectivity index (χ3v) is 3.40. The van der Waals surface area contributed by atoms with Gasteiger partial charge in [-0.2, -0.15) is 5.10 Å². The monoisotopic (exact) mass is 286 g/mol. The van der Waals surface area contributed by atoms with E-state index in [1.165, 1.54) is 0 Å². The predicted molar refractivity (Wildman–Crippen MR) is 79.9 cm³/mol. The van der Waals surface area contributed by atoms with Crippen LogP contribution in [0.5, 0.6) is 0 Å². The summed E-state index contributed by atoms with van der Waals surface area (Å²) in [4.78, 5) is 12.0. The molecule has 0 aliphatic carbocycles. The lowest BCUT2D eigenvalue weighted by atomic mass is 10.1. The Hall–Kier alpha value is -2.18. The van der Waals surface area contributed by atoms with Crippen molar-refractivity contribution in [1.82, 2.24) is 15.5 Å². The largest absolute Gasteiger partial charge is 0.375 e. The van der Waals surface area contributed by atoms with Crippen molar-refractivity contribution in [2.45, 2.75) is 12.5 Å². The molecule has 0 saturated carbocycles. The summed E-state index contributed by atoms with van der Waals surface area (Å²) in [5, 5.41) is 12.9. The Kier molecular flexibility index (Phi) is 4.28. The van der Waals surface area contributed by atoms with Crippen LogP contribution in [0.1, 0.15) is 6.42 Å². The highest BCUT2D eigenvalue weighted by Gasteiger charge is 2.17. The number of morpholine rings is 1. The Labute approximate surface area is 122 Å². The number of aromatic nitrogens is 2. The van der Waals surface area contributed by atoms with Crippen molar-refractivity contribution >= 4 is 11.6 Å². The molecule has 110 valence electrons. The average Bonchev–Trinajstić information content (AvgIpc) is 3.03. The third kappa shape index (κ3) is 3.68. The number of nitrogens with zero attached hydrogens (tertiary/aromatic N) is 1. The second-order valence-electron chi connectivity index (χ2n) is 5.00. The lowest BCUT2D eigenvalue weighted by molar-refractivity contribution is -0.119. The van der Waals surface area contributed by atoms with Crippen LogP contribution in [0.15, 0.2) is 36.5 Å². The fourth-order valence-electron chi connectivity index (χ4n) is 2.32. The number of hydrogen-bond acceptors (Lipinski definition) is 4. The van der Waals surface area contributed by atoms with E-state index in [0.717, 1.165) is 30.0 Å². The van der Waals surface area contributed by atoms with Crippen molar-refractivity contribution in [3.8, 4) is 11.3 Å². The van der Waals surface area contributed by atoms with Gasteiger partial charge in [0.25, 0.3) is 0 Å². The first kappa shape index (κ1) is 13.8. The summed E-state index contributed by atoms with van der Waals surface area (Å²) in [5.41, 5.74) is 2.77. The van der Waals surface area contributed by atoms with Crippen molar-refractivity contribution in [2.75, 3.05) is 25.0 Å². The number of H-pyrrole nitrogens is 1. The maximum absolute atomic E-state index is 12.0. The van der Waals surface area contributed by atoms with E-state index < -0.39 is 0 Å².